The molecule has 0 aromatic heterocycles. The van der Waals surface area contributed by atoms with Crippen molar-refractivity contribution in [1.29, 1.82) is 0 Å². The standard InChI is InChI=1S/C17H26N4O/c1-19-17(20-10-9-14-6-3-2-4-7-14)21-11-5-8-15(13-21)12-16(18)22/h2-4,6-7,15H,5,8-13H2,1H3,(H2,18,22)(H,19,20). The Labute approximate surface area is 132 Å². The normalized spacial score (nSPS) is 19.0. The van der Waals surface area contributed by atoms with Gasteiger partial charge in [-0.1, -0.05) is 30.3 Å². The van der Waals surface area contributed by atoms with Crippen molar-refractivity contribution in [3.8, 4) is 0 Å². The number of amides is 1. The molecule has 5 heteroatoms. The second-order valence-electron chi connectivity index (χ2n) is 5.83. The summed E-state index contributed by atoms with van der Waals surface area (Å²) in [4.78, 5) is 17.7. The van der Waals surface area contributed by atoms with Gasteiger partial charge in [0.1, 0.15) is 0 Å². The first-order valence-electron chi connectivity index (χ1n) is 7.97. The lowest BCUT2D eigenvalue weighted by Crippen LogP contribution is -2.47. The molecule has 0 bridgehead atoms. The number of carbonyl (C=O) groups excluding carboxylic acids is 1. The van der Waals surface area contributed by atoms with E-state index in [0.717, 1.165) is 44.9 Å². The van der Waals surface area contributed by atoms with Crippen LogP contribution in [0.15, 0.2) is 35.3 Å². The molecular formula is C17H26N4O. The fourth-order valence-electron chi connectivity index (χ4n) is 3.00. The predicted octanol–water partition coefficient (Wildman–Crippen LogP) is 1.39. The third kappa shape index (κ3) is 5.06. The molecule has 1 atom stereocenters. The summed E-state index contributed by atoms with van der Waals surface area (Å²) in [6, 6.07) is 10.4. The molecule has 1 unspecified atom stereocenters. The highest BCUT2D eigenvalue weighted by Gasteiger charge is 2.23. The van der Waals surface area contributed by atoms with Crippen LogP contribution in [0, 0.1) is 5.92 Å². The molecule has 1 aromatic carbocycles. The van der Waals surface area contributed by atoms with Crippen molar-refractivity contribution in [3.05, 3.63) is 35.9 Å². The van der Waals surface area contributed by atoms with Crippen LogP contribution >= 0.6 is 0 Å². The third-order valence-corrected chi connectivity index (χ3v) is 4.06. The van der Waals surface area contributed by atoms with Crippen LogP contribution < -0.4 is 11.1 Å². The van der Waals surface area contributed by atoms with E-state index in [9.17, 15) is 4.79 Å². The quantitative estimate of drug-likeness (QED) is 0.638. The van der Waals surface area contributed by atoms with Gasteiger partial charge in [0.15, 0.2) is 5.96 Å². The maximum absolute atomic E-state index is 11.1. The first-order chi connectivity index (χ1) is 10.7. The van der Waals surface area contributed by atoms with Gasteiger partial charge in [-0.05, 0) is 30.7 Å². The Balaban J connectivity index is 1.82. The van der Waals surface area contributed by atoms with Gasteiger partial charge in [0.2, 0.25) is 5.91 Å². The molecule has 5 nitrogen and oxygen atoms in total. The number of benzene rings is 1. The Morgan fingerprint density at radius 3 is 2.86 bits per heavy atom. The SMILES string of the molecule is CN=C(NCCc1ccccc1)N1CCCC(CC(N)=O)C1. The summed E-state index contributed by atoms with van der Waals surface area (Å²) in [6.07, 6.45) is 3.59. The van der Waals surface area contributed by atoms with Crippen LogP contribution in [-0.2, 0) is 11.2 Å². The van der Waals surface area contributed by atoms with Gasteiger partial charge in [-0.2, -0.15) is 0 Å². The van der Waals surface area contributed by atoms with Gasteiger partial charge in [0, 0.05) is 33.1 Å². The van der Waals surface area contributed by atoms with Crippen molar-refractivity contribution in [1.82, 2.24) is 10.2 Å². The largest absolute Gasteiger partial charge is 0.370 e. The molecule has 1 aliphatic heterocycles. The number of guanidine groups is 1. The number of piperidine rings is 1. The average molecular weight is 302 g/mol. The summed E-state index contributed by atoms with van der Waals surface area (Å²) in [5.41, 5.74) is 6.63. The number of nitrogens with two attached hydrogens (primary N) is 1. The lowest BCUT2D eigenvalue weighted by atomic mass is 9.95. The number of rotatable bonds is 5. The van der Waals surface area contributed by atoms with Crippen molar-refractivity contribution >= 4 is 11.9 Å². The van der Waals surface area contributed by atoms with E-state index in [1.807, 2.05) is 13.1 Å². The molecule has 120 valence electrons. The number of hydrogen-bond donors (Lipinski definition) is 2. The van der Waals surface area contributed by atoms with E-state index in [0.29, 0.717) is 12.3 Å². The maximum atomic E-state index is 11.1. The van der Waals surface area contributed by atoms with E-state index >= 15 is 0 Å². The molecule has 2 rings (SSSR count). The first-order valence-corrected chi connectivity index (χ1v) is 7.97. The molecule has 1 heterocycles. The monoisotopic (exact) mass is 302 g/mol. The average Bonchev–Trinajstić information content (AvgIpc) is 2.52. The highest BCUT2D eigenvalue weighted by Crippen LogP contribution is 2.19. The Morgan fingerprint density at radius 2 is 2.18 bits per heavy atom. The van der Waals surface area contributed by atoms with Gasteiger partial charge >= 0.3 is 0 Å². The number of likely N-dealkylation sites (tertiary alicyclic amines) is 1. The van der Waals surface area contributed by atoms with Crippen molar-refractivity contribution in [2.45, 2.75) is 25.7 Å². The molecule has 0 spiro atoms. The number of carbonyl (C=O) groups is 1. The van der Waals surface area contributed by atoms with Crippen LogP contribution in [0.1, 0.15) is 24.8 Å². The number of nitrogens with one attached hydrogen (secondary N) is 1. The van der Waals surface area contributed by atoms with Gasteiger partial charge in [0.05, 0.1) is 0 Å². The lowest BCUT2D eigenvalue weighted by molar-refractivity contribution is -0.119. The van der Waals surface area contributed by atoms with Gasteiger partial charge in [-0.25, -0.2) is 0 Å². The zero-order chi connectivity index (χ0) is 15.8. The molecule has 0 aliphatic carbocycles. The zero-order valence-corrected chi connectivity index (χ0v) is 13.3. The summed E-state index contributed by atoms with van der Waals surface area (Å²) in [6.45, 7) is 2.70. The summed E-state index contributed by atoms with van der Waals surface area (Å²) >= 11 is 0. The molecule has 22 heavy (non-hydrogen) atoms. The molecule has 0 radical (unpaired) electrons. The van der Waals surface area contributed by atoms with E-state index in [1.54, 1.807) is 0 Å². The van der Waals surface area contributed by atoms with E-state index < -0.39 is 0 Å². The number of primary amides is 1. The summed E-state index contributed by atoms with van der Waals surface area (Å²) in [5, 5.41) is 3.42. The molecular weight excluding hydrogens is 276 g/mol. The van der Waals surface area contributed by atoms with Crippen molar-refractivity contribution in [2.24, 2.45) is 16.6 Å². The Hall–Kier alpha value is -2.04. The maximum Gasteiger partial charge on any atom is 0.217 e. The minimum Gasteiger partial charge on any atom is -0.370 e. The van der Waals surface area contributed by atoms with Gasteiger partial charge in [-0.3, -0.25) is 9.79 Å². The predicted molar refractivity (Wildman–Crippen MR) is 89.6 cm³/mol. The Morgan fingerprint density at radius 1 is 1.41 bits per heavy atom. The topological polar surface area (TPSA) is 70.7 Å². The minimum atomic E-state index is -0.209. The molecule has 1 aromatic rings. The van der Waals surface area contributed by atoms with Gasteiger partial charge < -0.3 is 16.0 Å². The molecule has 3 N–H and O–H groups in total. The second-order valence-corrected chi connectivity index (χ2v) is 5.83. The van der Waals surface area contributed by atoms with Crippen LogP contribution in [0.3, 0.4) is 0 Å². The van der Waals surface area contributed by atoms with E-state index in [-0.39, 0.29) is 5.91 Å². The summed E-state index contributed by atoms with van der Waals surface area (Å²) in [5.74, 6) is 1.06. The number of aliphatic imine (C=N–C) groups is 1. The zero-order valence-electron chi connectivity index (χ0n) is 13.3. The number of nitrogens with zero attached hydrogens (tertiary/aromatic N) is 2. The second kappa shape index (κ2) is 8.41. The molecule has 1 aliphatic rings. The Bertz CT molecular complexity index is 501. The van der Waals surface area contributed by atoms with Crippen LogP contribution in [-0.4, -0.2) is 43.4 Å². The van der Waals surface area contributed by atoms with Gasteiger partial charge in [0.25, 0.3) is 0 Å². The van der Waals surface area contributed by atoms with Crippen molar-refractivity contribution in [3.63, 3.8) is 0 Å². The van der Waals surface area contributed by atoms with Crippen LogP contribution in [0.2, 0.25) is 0 Å². The molecule has 1 fully saturated rings. The Kier molecular flexibility index (Phi) is 6.25. The summed E-state index contributed by atoms with van der Waals surface area (Å²) < 4.78 is 0. The first kappa shape index (κ1) is 16.3. The lowest BCUT2D eigenvalue weighted by Gasteiger charge is -2.34. The fraction of sp³-hybridized carbons (Fsp3) is 0.529. The third-order valence-electron chi connectivity index (χ3n) is 4.06. The van der Waals surface area contributed by atoms with Crippen LogP contribution in [0.25, 0.3) is 0 Å². The number of hydrogen-bond acceptors (Lipinski definition) is 2. The molecule has 1 amide bonds. The smallest absolute Gasteiger partial charge is 0.217 e. The molecule has 0 saturated carbocycles. The summed E-state index contributed by atoms with van der Waals surface area (Å²) in [7, 11) is 1.81. The van der Waals surface area contributed by atoms with Gasteiger partial charge in [-0.15, -0.1) is 0 Å². The van der Waals surface area contributed by atoms with E-state index in [4.69, 9.17) is 5.73 Å². The van der Waals surface area contributed by atoms with Crippen molar-refractivity contribution in [2.75, 3.05) is 26.7 Å². The van der Waals surface area contributed by atoms with Crippen LogP contribution in [0.4, 0.5) is 0 Å². The minimum absolute atomic E-state index is 0.209. The molecule has 1 saturated heterocycles. The highest BCUT2D eigenvalue weighted by molar-refractivity contribution is 5.80. The van der Waals surface area contributed by atoms with Crippen molar-refractivity contribution < 1.29 is 4.79 Å². The fourth-order valence-corrected chi connectivity index (χ4v) is 3.00. The van der Waals surface area contributed by atoms with Crippen LogP contribution in [0.5, 0.6) is 0 Å². The highest BCUT2D eigenvalue weighted by atomic mass is 16.1. The van der Waals surface area contributed by atoms with E-state index in [1.165, 1.54) is 5.56 Å². The van der Waals surface area contributed by atoms with E-state index in [2.05, 4.69) is 39.5 Å².